The fraction of sp³-hybridized carbons (Fsp3) is 0.538. The molecule has 1 atom stereocenters. The minimum Gasteiger partial charge on any atom is -0.492 e. The summed E-state index contributed by atoms with van der Waals surface area (Å²) in [5, 5.41) is 0.750. The second kappa shape index (κ2) is 6.17. The molecule has 1 saturated heterocycles. The zero-order valence-electron chi connectivity index (χ0n) is 10.3. The van der Waals surface area contributed by atoms with Crippen molar-refractivity contribution in [3.05, 3.63) is 24.3 Å². The molecule has 1 aliphatic heterocycles. The molecular weight excluding hydrogens is 232 g/mol. The van der Waals surface area contributed by atoms with Crippen molar-refractivity contribution in [2.75, 3.05) is 37.7 Å². The monoisotopic (exact) mass is 252 g/mol. The number of thioether (sulfide) groups is 1. The van der Waals surface area contributed by atoms with Gasteiger partial charge in [0.15, 0.2) is 0 Å². The van der Waals surface area contributed by atoms with E-state index in [-0.39, 0.29) is 0 Å². The molecule has 1 aromatic rings. The first-order valence-corrected chi connectivity index (χ1v) is 7.11. The average Bonchev–Trinajstić information content (AvgIpc) is 2.32. The van der Waals surface area contributed by atoms with Crippen molar-refractivity contribution in [3.8, 4) is 5.75 Å². The predicted octanol–water partition coefficient (Wildman–Crippen LogP) is 2.08. The summed E-state index contributed by atoms with van der Waals surface area (Å²) >= 11 is 2.06. The van der Waals surface area contributed by atoms with Crippen molar-refractivity contribution in [2.24, 2.45) is 0 Å². The lowest BCUT2D eigenvalue weighted by atomic mass is 10.3. The minimum atomic E-state index is 0.750. The Bertz CT molecular complexity index is 342. The second-order valence-corrected chi connectivity index (χ2v) is 5.95. The standard InChI is InChI=1S/C13H20N2OS/c1-11-10-15(7-9-17-11)6-8-16-13-4-2-12(14)3-5-13/h2-5,11H,6-10,14H2,1H3. The molecule has 1 aliphatic rings. The summed E-state index contributed by atoms with van der Waals surface area (Å²) in [4.78, 5) is 2.47. The Balaban J connectivity index is 1.70. The van der Waals surface area contributed by atoms with Gasteiger partial charge in [-0.2, -0.15) is 11.8 Å². The maximum absolute atomic E-state index is 5.69. The molecule has 0 radical (unpaired) electrons. The normalized spacial score (nSPS) is 21.4. The molecule has 0 bridgehead atoms. The first-order chi connectivity index (χ1) is 8.24. The van der Waals surface area contributed by atoms with Gasteiger partial charge in [0.05, 0.1) is 0 Å². The largest absolute Gasteiger partial charge is 0.492 e. The summed E-state index contributed by atoms with van der Waals surface area (Å²) in [7, 11) is 0. The first kappa shape index (κ1) is 12.6. The highest BCUT2D eigenvalue weighted by Gasteiger charge is 2.15. The number of nitrogens with zero attached hydrogens (tertiary/aromatic N) is 1. The van der Waals surface area contributed by atoms with Crippen LogP contribution in [0.15, 0.2) is 24.3 Å². The van der Waals surface area contributed by atoms with Crippen molar-refractivity contribution < 1.29 is 4.74 Å². The highest BCUT2D eigenvalue weighted by Crippen LogP contribution is 2.17. The van der Waals surface area contributed by atoms with Crippen molar-refractivity contribution >= 4 is 17.4 Å². The molecule has 0 amide bonds. The van der Waals surface area contributed by atoms with E-state index in [0.29, 0.717) is 0 Å². The predicted molar refractivity (Wildman–Crippen MR) is 74.7 cm³/mol. The molecule has 0 aliphatic carbocycles. The van der Waals surface area contributed by atoms with E-state index in [0.717, 1.165) is 29.8 Å². The number of nitrogen functional groups attached to an aromatic ring is 1. The van der Waals surface area contributed by atoms with Gasteiger partial charge >= 0.3 is 0 Å². The van der Waals surface area contributed by atoms with Crippen LogP contribution in [-0.4, -0.2) is 42.1 Å². The van der Waals surface area contributed by atoms with Gasteiger partial charge < -0.3 is 10.5 Å². The third-order valence-electron chi connectivity index (χ3n) is 2.88. The van der Waals surface area contributed by atoms with Crippen LogP contribution in [0.2, 0.25) is 0 Å². The van der Waals surface area contributed by atoms with Gasteiger partial charge in [0, 0.05) is 36.3 Å². The van der Waals surface area contributed by atoms with Crippen molar-refractivity contribution in [3.63, 3.8) is 0 Å². The zero-order valence-corrected chi connectivity index (χ0v) is 11.1. The van der Waals surface area contributed by atoms with E-state index in [1.54, 1.807) is 0 Å². The summed E-state index contributed by atoms with van der Waals surface area (Å²) in [5.74, 6) is 2.14. The van der Waals surface area contributed by atoms with Gasteiger partial charge in [0.1, 0.15) is 12.4 Å². The Hall–Kier alpha value is -0.870. The number of hydrogen-bond donors (Lipinski definition) is 1. The fourth-order valence-corrected chi connectivity index (χ4v) is 3.03. The van der Waals surface area contributed by atoms with Gasteiger partial charge in [-0.15, -0.1) is 0 Å². The molecule has 0 aromatic heterocycles. The smallest absolute Gasteiger partial charge is 0.119 e. The second-order valence-electron chi connectivity index (χ2n) is 4.40. The van der Waals surface area contributed by atoms with Gasteiger partial charge in [0.25, 0.3) is 0 Å². The lowest BCUT2D eigenvalue weighted by Crippen LogP contribution is -2.39. The molecule has 2 rings (SSSR count). The van der Waals surface area contributed by atoms with Crippen LogP contribution in [0.3, 0.4) is 0 Å². The maximum atomic E-state index is 5.69. The molecule has 2 N–H and O–H groups in total. The van der Waals surface area contributed by atoms with Crippen LogP contribution < -0.4 is 10.5 Å². The molecule has 94 valence electrons. The number of hydrogen-bond acceptors (Lipinski definition) is 4. The molecule has 4 heteroatoms. The average molecular weight is 252 g/mol. The fourth-order valence-electron chi connectivity index (χ4n) is 1.95. The van der Waals surface area contributed by atoms with Crippen molar-refractivity contribution in [1.82, 2.24) is 4.90 Å². The van der Waals surface area contributed by atoms with Crippen LogP contribution >= 0.6 is 11.8 Å². The van der Waals surface area contributed by atoms with E-state index >= 15 is 0 Å². The van der Waals surface area contributed by atoms with Crippen LogP contribution in [0.25, 0.3) is 0 Å². The van der Waals surface area contributed by atoms with E-state index in [9.17, 15) is 0 Å². The van der Waals surface area contributed by atoms with Crippen LogP contribution in [0, 0.1) is 0 Å². The highest BCUT2D eigenvalue weighted by molar-refractivity contribution is 7.99. The summed E-state index contributed by atoms with van der Waals surface area (Å²) in [6.45, 7) is 6.41. The molecule has 0 spiro atoms. The molecule has 1 heterocycles. The molecule has 3 nitrogen and oxygen atoms in total. The van der Waals surface area contributed by atoms with E-state index in [2.05, 4.69) is 23.6 Å². The molecule has 0 saturated carbocycles. The quantitative estimate of drug-likeness (QED) is 0.833. The summed E-state index contributed by atoms with van der Waals surface area (Å²) in [6.07, 6.45) is 0. The molecular formula is C13H20N2OS. The number of ether oxygens (including phenoxy) is 1. The van der Waals surface area contributed by atoms with Crippen LogP contribution in [-0.2, 0) is 0 Å². The molecule has 1 aromatic carbocycles. The van der Waals surface area contributed by atoms with Gasteiger partial charge in [0.2, 0.25) is 0 Å². The number of anilines is 1. The maximum Gasteiger partial charge on any atom is 0.119 e. The number of rotatable bonds is 4. The van der Waals surface area contributed by atoms with E-state index in [1.807, 2.05) is 24.3 Å². The SMILES string of the molecule is CC1CN(CCOc2ccc(N)cc2)CCS1. The number of benzene rings is 1. The van der Waals surface area contributed by atoms with Crippen molar-refractivity contribution in [2.45, 2.75) is 12.2 Å². The van der Waals surface area contributed by atoms with E-state index in [4.69, 9.17) is 10.5 Å². The topological polar surface area (TPSA) is 38.5 Å². The van der Waals surface area contributed by atoms with E-state index in [1.165, 1.54) is 18.8 Å². The Kier molecular flexibility index (Phi) is 4.57. The van der Waals surface area contributed by atoms with Gasteiger partial charge in [-0.3, -0.25) is 4.90 Å². The minimum absolute atomic E-state index is 0.750. The van der Waals surface area contributed by atoms with Crippen LogP contribution in [0.1, 0.15) is 6.92 Å². The highest BCUT2D eigenvalue weighted by atomic mass is 32.2. The van der Waals surface area contributed by atoms with Crippen LogP contribution in [0.5, 0.6) is 5.75 Å². The van der Waals surface area contributed by atoms with Crippen molar-refractivity contribution in [1.29, 1.82) is 0 Å². The molecule has 1 unspecified atom stereocenters. The third-order valence-corrected chi connectivity index (χ3v) is 4.02. The lowest BCUT2D eigenvalue weighted by Gasteiger charge is -2.30. The van der Waals surface area contributed by atoms with Crippen LogP contribution in [0.4, 0.5) is 5.69 Å². The Labute approximate surface area is 107 Å². The lowest BCUT2D eigenvalue weighted by molar-refractivity contribution is 0.215. The van der Waals surface area contributed by atoms with E-state index < -0.39 is 0 Å². The summed E-state index contributed by atoms with van der Waals surface area (Å²) in [5.41, 5.74) is 6.40. The Morgan fingerprint density at radius 2 is 2.18 bits per heavy atom. The third kappa shape index (κ3) is 4.13. The Morgan fingerprint density at radius 3 is 2.88 bits per heavy atom. The summed E-state index contributed by atoms with van der Waals surface area (Å²) < 4.78 is 5.69. The van der Waals surface area contributed by atoms with Gasteiger partial charge in [-0.1, -0.05) is 6.92 Å². The zero-order chi connectivity index (χ0) is 12.1. The summed E-state index contributed by atoms with van der Waals surface area (Å²) in [6, 6.07) is 7.58. The van der Waals surface area contributed by atoms with Gasteiger partial charge in [-0.25, -0.2) is 0 Å². The molecule has 1 fully saturated rings. The van der Waals surface area contributed by atoms with Gasteiger partial charge in [-0.05, 0) is 24.3 Å². The first-order valence-electron chi connectivity index (χ1n) is 6.06. The number of nitrogens with two attached hydrogens (primary N) is 1. The Morgan fingerprint density at radius 1 is 1.41 bits per heavy atom. The molecule has 17 heavy (non-hydrogen) atoms.